The quantitative estimate of drug-likeness (QED) is 0.762. The van der Waals surface area contributed by atoms with Gasteiger partial charge in [0.2, 0.25) is 0 Å². The molecule has 84 valence electrons. The van der Waals surface area contributed by atoms with Crippen LogP contribution in [0.3, 0.4) is 0 Å². The molecular formula is C16H15N. The Morgan fingerprint density at radius 1 is 1.06 bits per heavy atom. The van der Waals surface area contributed by atoms with Gasteiger partial charge in [-0.2, -0.15) is 0 Å². The second-order valence-corrected chi connectivity index (χ2v) is 4.34. The van der Waals surface area contributed by atoms with Crippen molar-refractivity contribution in [2.24, 2.45) is 5.73 Å². The molecule has 1 heteroatoms. The smallest absolute Gasteiger partial charge is 0.0184 e. The molecule has 0 aromatic heterocycles. The first-order valence-corrected chi connectivity index (χ1v) is 5.97. The fourth-order valence-corrected chi connectivity index (χ4v) is 2.49. The highest BCUT2D eigenvalue weighted by Crippen LogP contribution is 2.26. The predicted octanol–water partition coefficient (Wildman–Crippen LogP) is 1.40. The Balaban J connectivity index is 2.40. The fourth-order valence-electron chi connectivity index (χ4n) is 2.49. The maximum Gasteiger partial charge on any atom is 0.0184 e. The van der Waals surface area contributed by atoms with Gasteiger partial charge in [0.25, 0.3) is 0 Å². The van der Waals surface area contributed by atoms with E-state index in [1.807, 2.05) is 0 Å². The van der Waals surface area contributed by atoms with E-state index in [4.69, 9.17) is 5.73 Å². The van der Waals surface area contributed by atoms with Crippen molar-refractivity contribution in [1.82, 2.24) is 0 Å². The van der Waals surface area contributed by atoms with Crippen molar-refractivity contribution in [2.75, 3.05) is 6.54 Å². The Morgan fingerprint density at radius 2 is 1.94 bits per heavy atom. The molecule has 0 bridgehead atoms. The summed E-state index contributed by atoms with van der Waals surface area (Å²) in [4.78, 5) is 0. The topological polar surface area (TPSA) is 26.0 Å². The highest BCUT2D eigenvalue weighted by molar-refractivity contribution is 5.77. The Hall–Kier alpha value is -1.86. The van der Waals surface area contributed by atoms with Crippen LogP contribution < -0.4 is 16.2 Å². The first-order chi connectivity index (χ1) is 8.40. The second-order valence-electron chi connectivity index (χ2n) is 4.34. The molecule has 0 spiro atoms. The molecular weight excluding hydrogens is 206 g/mol. The standard InChI is InChI=1S/C16H15N/c17-11-13-10-9-12-5-1-2-6-14(12)16-8-4-3-7-15(13)16/h1-7,9-10H,8,11,17H2. The van der Waals surface area contributed by atoms with Gasteiger partial charge >= 0.3 is 0 Å². The molecule has 1 nitrogen and oxygen atoms in total. The van der Waals surface area contributed by atoms with E-state index in [1.54, 1.807) is 0 Å². The Labute approximate surface area is 101 Å². The molecule has 0 radical (unpaired) electrons. The van der Waals surface area contributed by atoms with Crippen molar-refractivity contribution in [3.8, 4) is 0 Å². The normalized spacial score (nSPS) is 17.4. The minimum Gasteiger partial charge on any atom is -0.326 e. The van der Waals surface area contributed by atoms with Crippen LogP contribution in [0.2, 0.25) is 0 Å². The van der Waals surface area contributed by atoms with Crippen LogP contribution >= 0.6 is 0 Å². The largest absolute Gasteiger partial charge is 0.326 e. The molecule has 2 aliphatic rings. The summed E-state index contributed by atoms with van der Waals surface area (Å²) in [5, 5.41) is 2.62. The lowest BCUT2D eigenvalue weighted by Gasteiger charge is -2.15. The predicted molar refractivity (Wildman–Crippen MR) is 72.5 cm³/mol. The summed E-state index contributed by atoms with van der Waals surface area (Å²) in [5.74, 6) is 0. The molecule has 1 aromatic carbocycles. The molecule has 3 rings (SSSR count). The Morgan fingerprint density at radius 3 is 2.82 bits per heavy atom. The van der Waals surface area contributed by atoms with E-state index in [0.717, 1.165) is 6.42 Å². The van der Waals surface area contributed by atoms with Crippen molar-refractivity contribution in [3.63, 3.8) is 0 Å². The monoisotopic (exact) mass is 221 g/mol. The summed E-state index contributed by atoms with van der Waals surface area (Å²) in [6.07, 6.45) is 11.8. The van der Waals surface area contributed by atoms with E-state index >= 15 is 0 Å². The second kappa shape index (κ2) is 4.19. The molecule has 17 heavy (non-hydrogen) atoms. The van der Waals surface area contributed by atoms with Crippen molar-refractivity contribution < 1.29 is 0 Å². The minimum atomic E-state index is 0.591. The minimum absolute atomic E-state index is 0.591. The fraction of sp³-hybridized carbons (Fsp3) is 0.125. The van der Waals surface area contributed by atoms with E-state index < -0.39 is 0 Å². The third kappa shape index (κ3) is 1.69. The van der Waals surface area contributed by atoms with Crippen molar-refractivity contribution in [3.05, 3.63) is 70.2 Å². The first kappa shape index (κ1) is 10.3. The third-order valence-electron chi connectivity index (χ3n) is 3.36. The van der Waals surface area contributed by atoms with Crippen LogP contribution in [0.4, 0.5) is 0 Å². The van der Waals surface area contributed by atoms with E-state index in [9.17, 15) is 0 Å². The van der Waals surface area contributed by atoms with Gasteiger partial charge in [-0.25, -0.2) is 0 Å². The molecule has 0 unspecified atom stereocenters. The van der Waals surface area contributed by atoms with E-state index in [1.165, 1.54) is 27.2 Å². The molecule has 0 saturated heterocycles. The lowest BCUT2D eigenvalue weighted by atomic mass is 9.91. The van der Waals surface area contributed by atoms with Crippen molar-refractivity contribution in [1.29, 1.82) is 0 Å². The zero-order valence-corrected chi connectivity index (χ0v) is 9.69. The number of hydrogen-bond acceptors (Lipinski definition) is 1. The highest BCUT2D eigenvalue weighted by Gasteiger charge is 2.13. The number of rotatable bonds is 1. The molecule has 0 saturated carbocycles. The lowest BCUT2D eigenvalue weighted by Crippen LogP contribution is -2.26. The third-order valence-corrected chi connectivity index (χ3v) is 3.36. The zero-order chi connectivity index (χ0) is 11.7. The molecule has 2 aliphatic carbocycles. The van der Waals surface area contributed by atoms with Gasteiger partial charge in [0.15, 0.2) is 0 Å². The molecule has 0 atom stereocenters. The van der Waals surface area contributed by atoms with Crippen molar-refractivity contribution >= 4 is 11.6 Å². The van der Waals surface area contributed by atoms with Crippen LogP contribution in [-0.2, 0) is 0 Å². The molecule has 0 amide bonds. The zero-order valence-electron chi connectivity index (χ0n) is 9.69. The van der Waals surface area contributed by atoms with Crippen LogP contribution in [0.15, 0.2) is 59.7 Å². The number of allylic oxidation sites excluding steroid dienone is 4. The van der Waals surface area contributed by atoms with Crippen LogP contribution in [0, 0.1) is 0 Å². The summed E-state index contributed by atoms with van der Waals surface area (Å²) >= 11 is 0. The SMILES string of the molecule is NCC1=CC=c2ccccc2=C2CC=CC=C12. The number of fused-ring (bicyclic) bond motifs is 2. The maximum atomic E-state index is 5.85. The molecule has 0 aliphatic heterocycles. The van der Waals surface area contributed by atoms with Gasteiger partial charge in [-0.3, -0.25) is 0 Å². The average Bonchev–Trinajstić information content (AvgIpc) is 2.56. The van der Waals surface area contributed by atoms with Crippen molar-refractivity contribution in [2.45, 2.75) is 6.42 Å². The van der Waals surface area contributed by atoms with Gasteiger partial charge in [-0.1, -0.05) is 54.6 Å². The van der Waals surface area contributed by atoms with Gasteiger partial charge in [-0.05, 0) is 33.6 Å². The highest BCUT2D eigenvalue weighted by atomic mass is 14.5. The summed E-state index contributed by atoms with van der Waals surface area (Å²) in [6.45, 7) is 0.591. The maximum absolute atomic E-state index is 5.85. The van der Waals surface area contributed by atoms with E-state index in [0.29, 0.717) is 6.54 Å². The summed E-state index contributed by atoms with van der Waals surface area (Å²) in [5.41, 5.74) is 9.77. The molecule has 0 fully saturated rings. The lowest BCUT2D eigenvalue weighted by molar-refractivity contribution is 1.15. The van der Waals surface area contributed by atoms with E-state index in [2.05, 4.69) is 54.6 Å². The molecule has 2 N–H and O–H groups in total. The first-order valence-electron chi connectivity index (χ1n) is 5.97. The van der Waals surface area contributed by atoms with Gasteiger partial charge in [-0.15, -0.1) is 0 Å². The van der Waals surface area contributed by atoms with Crippen LogP contribution in [0.1, 0.15) is 6.42 Å². The van der Waals surface area contributed by atoms with Gasteiger partial charge in [0.05, 0.1) is 0 Å². The van der Waals surface area contributed by atoms with Gasteiger partial charge < -0.3 is 5.73 Å². The van der Waals surface area contributed by atoms with Gasteiger partial charge in [0.1, 0.15) is 0 Å². The van der Waals surface area contributed by atoms with Gasteiger partial charge in [0, 0.05) is 6.54 Å². The summed E-state index contributed by atoms with van der Waals surface area (Å²) in [6, 6.07) is 8.54. The Kier molecular flexibility index (Phi) is 2.54. The van der Waals surface area contributed by atoms with E-state index in [-0.39, 0.29) is 0 Å². The number of nitrogens with two attached hydrogens (primary N) is 1. The molecule has 1 aromatic rings. The van der Waals surface area contributed by atoms with Crippen LogP contribution in [0.25, 0.3) is 11.6 Å². The summed E-state index contributed by atoms with van der Waals surface area (Å²) in [7, 11) is 0. The Bertz CT molecular complexity index is 657. The molecule has 0 heterocycles. The van der Waals surface area contributed by atoms with Crippen LogP contribution in [0.5, 0.6) is 0 Å². The number of benzene rings is 1. The van der Waals surface area contributed by atoms with Crippen LogP contribution in [-0.4, -0.2) is 6.54 Å². The summed E-state index contributed by atoms with van der Waals surface area (Å²) < 4.78 is 0. The average molecular weight is 221 g/mol. The number of hydrogen-bond donors (Lipinski definition) is 1.